The van der Waals surface area contributed by atoms with Gasteiger partial charge in [0.05, 0.1) is 11.8 Å². The molecule has 0 amide bonds. The molecule has 0 aromatic carbocycles. The summed E-state index contributed by atoms with van der Waals surface area (Å²) in [5.41, 5.74) is -0.953. The zero-order valence-electron chi connectivity index (χ0n) is 8.27. The van der Waals surface area contributed by atoms with Crippen LogP contribution in [0.1, 0.15) is 15.2 Å². The summed E-state index contributed by atoms with van der Waals surface area (Å²) in [6, 6.07) is 0. The minimum absolute atomic E-state index is 0.0482. The molecule has 2 aromatic rings. The first-order chi connectivity index (χ1) is 8.29. The van der Waals surface area contributed by atoms with Crippen LogP contribution < -0.4 is 0 Å². The van der Waals surface area contributed by atoms with Crippen LogP contribution in [0.15, 0.2) is 12.4 Å². The molecule has 96 valence electrons. The Balaban J connectivity index is 2.41. The van der Waals surface area contributed by atoms with Gasteiger partial charge in [0.15, 0.2) is 10.0 Å². The molecule has 10 heteroatoms. The lowest BCUT2D eigenvalue weighted by molar-refractivity contribution is -0.137. The molecule has 0 saturated heterocycles. The predicted molar refractivity (Wildman–Crippen MR) is 56.2 cm³/mol. The van der Waals surface area contributed by atoms with Gasteiger partial charge < -0.3 is 5.11 Å². The first-order valence-electron chi connectivity index (χ1n) is 4.31. The van der Waals surface area contributed by atoms with E-state index in [-0.39, 0.29) is 15.2 Å². The summed E-state index contributed by atoms with van der Waals surface area (Å²) >= 11 is 6.18. The number of nitrogens with zero attached hydrogens (tertiary/aromatic N) is 3. The number of rotatable bonds is 2. The number of carboxylic acids is 1. The van der Waals surface area contributed by atoms with Gasteiger partial charge in [-0.25, -0.2) is 14.5 Å². The number of thiazole rings is 1. The molecule has 0 aliphatic rings. The Kier molecular flexibility index (Phi) is 3.03. The van der Waals surface area contributed by atoms with E-state index in [1.807, 2.05) is 0 Å². The Morgan fingerprint density at radius 1 is 1.50 bits per heavy atom. The highest BCUT2D eigenvalue weighted by molar-refractivity contribution is 7.16. The van der Waals surface area contributed by atoms with Crippen molar-refractivity contribution in [3.63, 3.8) is 0 Å². The number of alkyl halides is 3. The molecule has 0 aliphatic carbocycles. The Morgan fingerprint density at radius 3 is 2.61 bits per heavy atom. The molecule has 0 saturated carbocycles. The first-order valence-corrected chi connectivity index (χ1v) is 5.50. The quantitative estimate of drug-likeness (QED) is 0.925. The molecule has 0 atom stereocenters. The maximum atomic E-state index is 12.3. The van der Waals surface area contributed by atoms with E-state index >= 15 is 0 Å². The van der Waals surface area contributed by atoms with Crippen molar-refractivity contribution in [1.29, 1.82) is 0 Å². The maximum Gasteiger partial charge on any atom is 0.419 e. The first kappa shape index (κ1) is 12.8. The normalized spacial score (nSPS) is 11.8. The number of aromatic nitrogens is 3. The van der Waals surface area contributed by atoms with Gasteiger partial charge in [0, 0.05) is 6.20 Å². The SMILES string of the molecule is O=C(O)c1sc(-n2cc(C(F)(F)F)cn2)nc1Cl. The maximum absolute atomic E-state index is 12.3. The molecule has 0 aliphatic heterocycles. The Hall–Kier alpha value is -1.61. The summed E-state index contributed by atoms with van der Waals surface area (Å²) in [5.74, 6) is -1.30. The zero-order valence-corrected chi connectivity index (χ0v) is 9.84. The minimum Gasteiger partial charge on any atom is -0.477 e. The Labute approximate surface area is 106 Å². The lowest BCUT2D eigenvalue weighted by atomic mass is 10.4. The lowest BCUT2D eigenvalue weighted by Crippen LogP contribution is -2.02. The minimum atomic E-state index is -4.52. The van der Waals surface area contributed by atoms with Gasteiger partial charge >= 0.3 is 12.1 Å². The van der Waals surface area contributed by atoms with E-state index in [0.29, 0.717) is 23.7 Å². The van der Waals surface area contributed by atoms with Crippen LogP contribution in [-0.2, 0) is 6.18 Å². The van der Waals surface area contributed by atoms with E-state index in [4.69, 9.17) is 16.7 Å². The number of carbonyl (C=O) groups is 1. The molecule has 2 heterocycles. The fraction of sp³-hybridized carbons (Fsp3) is 0.125. The van der Waals surface area contributed by atoms with Gasteiger partial charge in [-0.2, -0.15) is 18.3 Å². The van der Waals surface area contributed by atoms with Crippen LogP contribution in [0.5, 0.6) is 0 Å². The highest BCUT2D eigenvalue weighted by Gasteiger charge is 2.32. The summed E-state index contributed by atoms with van der Waals surface area (Å²) in [4.78, 5) is 14.1. The monoisotopic (exact) mass is 297 g/mol. The third kappa shape index (κ3) is 2.31. The fourth-order valence-electron chi connectivity index (χ4n) is 1.09. The van der Waals surface area contributed by atoms with E-state index in [0.717, 1.165) is 4.68 Å². The second-order valence-electron chi connectivity index (χ2n) is 3.09. The summed E-state index contributed by atoms with van der Waals surface area (Å²) in [6.07, 6.45) is -3.19. The molecule has 2 rings (SSSR count). The van der Waals surface area contributed by atoms with Crippen molar-refractivity contribution in [3.05, 3.63) is 28.0 Å². The molecule has 5 nitrogen and oxygen atoms in total. The summed E-state index contributed by atoms with van der Waals surface area (Å²) in [6.45, 7) is 0. The molecule has 0 unspecified atom stereocenters. The molecule has 1 N–H and O–H groups in total. The van der Waals surface area contributed by atoms with Crippen molar-refractivity contribution in [2.75, 3.05) is 0 Å². The largest absolute Gasteiger partial charge is 0.477 e. The molecule has 0 fully saturated rings. The van der Waals surface area contributed by atoms with Crippen LogP contribution in [0.4, 0.5) is 13.2 Å². The number of aromatic carboxylic acids is 1. The second kappa shape index (κ2) is 4.25. The summed E-state index contributed by atoms with van der Waals surface area (Å²) in [5, 5.41) is 11.9. The second-order valence-corrected chi connectivity index (χ2v) is 4.43. The number of hydrogen-bond donors (Lipinski definition) is 1. The van der Waals surface area contributed by atoms with E-state index in [1.165, 1.54) is 0 Å². The topological polar surface area (TPSA) is 68.0 Å². The van der Waals surface area contributed by atoms with Crippen LogP contribution in [0, 0.1) is 0 Å². The van der Waals surface area contributed by atoms with Gasteiger partial charge in [-0.1, -0.05) is 22.9 Å². The molecule has 0 radical (unpaired) electrons. The summed E-state index contributed by atoms with van der Waals surface area (Å²) < 4.78 is 37.8. The van der Waals surface area contributed by atoms with E-state index in [9.17, 15) is 18.0 Å². The molecular formula is C8H3ClF3N3O2S. The number of halogens is 4. The number of hydrogen-bond acceptors (Lipinski definition) is 4. The van der Waals surface area contributed by atoms with Gasteiger partial charge in [-0.15, -0.1) is 0 Å². The highest BCUT2D eigenvalue weighted by atomic mass is 35.5. The third-order valence-electron chi connectivity index (χ3n) is 1.87. The van der Waals surface area contributed by atoms with Gasteiger partial charge in [-0.3, -0.25) is 0 Å². The lowest BCUT2D eigenvalue weighted by Gasteiger charge is -1.99. The highest BCUT2D eigenvalue weighted by Crippen LogP contribution is 2.30. The zero-order chi connectivity index (χ0) is 13.5. The van der Waals surface area contributed by atoms with Crippen molar-refractivity contribution in [2.24, 2.45) is 0 Å². The number of carboxylic acid groups (broad SMARTS) is 1. The van der Waals surface area contributed by atoms with Crippen LogP contribution in [0.25, 0.3) is 5.13 Å². The van der Waals surface area contributed by atoms with E-state index in [1.54, 1.807) is 0 Å². The van der Waals surface area contributed by atoms with Gasteiger partial charge in [0.25, 0.3) is 0 Å². The molecule has 0 spiro atoms. The van der Waals surface area contributed by atoms with Crippen molar-refractivity contribution in [1.82, 2.24) is 14.8 Å². The third-order valence-corrected chi connectivity index (χ3v) is 3.29. The average molecular weight is 298 g/mol. The van der Waals surface area contributed by atoms with Crippen LogP contribution in [0.2, 0.25) is 5.15 Å². The van der Waals surface area contributed by atoms with Gasteiger partial charge in [-0.05, 0) is 0 Å². The molecule has 2 aromatic heterocycles. The smallest absolute Gasteiger partial charge is 0.419 e. The molecule has 0 bridgehead atoms. The average Bonchev–Trinajstić information content (AvgIpc) is 2.81. The van der Waals surface area contributed by atoms with E-state index in [2.05, 4.69) is 10.1 Å². The van der Waals surface area contributed by atoms with Crippen molar-refractivity contribution >= 4 is 28.9 Å². The van der Waals surface area contributed by atoms with Crippen LogP contribution >= 0.6 is 22.9 Å². The van der Waals surface area contributed by atoms with Gasteiger partial charge in [0.1, 0.15) is 0 Å². The van der Waals surface area contributed by atoms with E-state index < -0.39 is 17.7 Å². The van der Waals surface area contributed by atoms with Crippen LogP contribution in [-0.4, -0.2) is 25.8 Å². The predicted octanol–water partition coefficient (Wildman–Crippen LogP) is 2.70. The van der Waals surface area contributed by atoms with Crippen molar-refractivity contribution < 1.29 is 23.1 Å². The standard InChI is InChI=1S/C8H3ClF3N3O2S/c9-5-4(6(16)17)18-7(14-5)15-2-3(1-13-15)8(10,11)12/h1-2H,(H,16,17). The van der Waals surface area contributed by atoms with Crippen molar-refractivity contribution in [2.45, 2.75) is 6.18 Å². The fourth-order valence-corrected chi connectivity index (χ4v) is 2.15. The Bertz CT molecular complexity index is 607. The molecule has 18 heavy (non-hydrogen) atoms. The summed E-state index contributed by atoms with van der Waals surface area (Å²) in [7, 11) is 0. The molecular weight excluding hydrogens is 295 g/mol. The van der Waals surface area contributed by atoms with Crippen LogP contribution in [0.3, 0.4) is 0 Å². The Morgan fingerprint density at radius 2 is 2.17 bits per heavy atom. The van der Waals surface area contributed by atoms with Gasteiger partial charge in [0.2, 0.25) is 5.13 Å². The van der Waals surface area contributed by atoms with Crippen molar-refractivity contribution in [3.8, 4) is 5.13 Å².